The van der Waals surface area contributed by atoms with Gasteiger partial charge in [0.25, 0.3) is 0 Å². The first-order valence-electron chi connectivity index (χ1n) is 6.57. The van der Waals surface area contributed by atoms with Crippen molar-refractivity contribution >= 4 is 0 Å². The average Bonchev–Trinajstić information content (AvgIpc) is 3.06. The molecule has 0 spiro atoms. The molecule has 0 atom stereocenters. The van der Waals surface area contributed by atoms with Crippen molar-refractivity contribution < 1.29 is 0 Å². The lowest BCUT2D eigenvalue weighted by molar-refractivity contribution is 0.689. The van der Waals surface area contributed by atoms with Gasteiger partial charge in [0.05, 0.1) is 11.9 Å². The second-order valence-electron chi connectivity index (χ2n) is 5.24. The van der Waals surface area contributed by atoms with Gasteiger partial charge in [-0.3, -0.25) is 5.10 Å². The SMILES string of the molecule is Cc1ccc(-c2[nH]ncc2CNC2CC2)c(C)c1. The molecule has 3 rings (SSSR count). The fourth-order valence-electron chi connectivity index (χ4n) is 2.31. The molecule has 2 N–H and O–H groups in total. The molecule has 94 valence electrons. The molecule has 1 aliphatic carbocycles. The molecule has 1 heterocycles. The lowest BCUT2D eigenvalue weighted by atomic mass is 10.0. The highest BCUT2D eigenvalue weighted by Crippen LogP contribution is 2.26. The van der Waals surface area contributed by atoms with E-state index >= 15 is 0 Å². The van der Waals surface area contributed by atoms with Gasteiger partial charge < -0.3 is 5.32 Å². The van der Waals surface area contributed by atoms with Crippen LogP contribution in [0.25, 0.3) is 11.3 Å². The summed E-state index contributed by atoms with van der Waals surface area (Å²) < 4.78 is 0. The molecule has 0 unspecified atom stereocenters. The highest BCUT2D eigenvalue weighted by Gasteiger charge is 2.21. The van der Waals surface area contributed by atoms with Crippen LogP contribution in [0.1, 0.15) is 29.5 Å². The van der Waals surface area contributed by atoms with Crippen molar-refractivity contribution in [1.82, 2.24) is 15.5 Å². The van der Waals surface area contributed by atoms with Crippen LogP contribution in [0.3, 0.4) is 0 Å². The quantitative estimate of drug-likeness (QED) is 0.864. The van der Waals surface area contributed by atoms with E-state index in [1.807, 2.05) is 6.20 Å². The number of hydrogen-bond donors (Lipinski definition) is 2. The molecule has 3 nitrogen and oxygen atoms in total. The number of aromatic amines is 1. The zero-order valence-corrected chi connectivity index (χ0v) is 11.0. The third-order valence-corrected chi connectivity index (χ3v) is 3.53. The van der Waals surface area contributed by atoms with Crippen LogP contribution < -0.4 is 5.32 Å². The summed E-state index contributed by atoms with van der Waals surface area (Å²) in [6.45, 7) is 5.18. The molecule has 0 aliphatic heterocycles. The Morgan fingerprint density at radius 1 is 1.33 bits per heavy atom. The van der Waals surface area contributed by atoms with Crippen LogP contribution >= 0.6 is 0 Å². The van der Waals surface area contributed by atoms with Gasteiger partial charge in [-0.15, -0.1) is 0 Å². The largest absolute Gasteiger partial charge is 0.310 e. The minimum absolute atomic E-state index is 0.729. The molecule has 0 radical (unpaired) electrons. The van der Waals surface area contributed by atoms with Crippen molar-refractivity contribution in [1.29, 1.82) is 0 Å². The topological polar surface area (TPSA) is 40.7 Å². The maximum atomic E-state index is 4.20. The van der Waals surface area contributed by atoms with Crippen LogP contribution in [0, 0.1) is 13.8 Å². The Morgan fingerprint density at radius 2 is 2.17 bits per heavy atom. The normalized spacial score (nSPS) is 15.0. The first kappa shape index (κ1) is 11.5. The van der Waals surface area contributed by atoms with E-state index in [-0.39, 0.29) is 0 Å². The number of nitrogens with one attached hydrogen (secondary N) is 2. The van der Waals surface area contributed by atoms with Crippen LogP contribution in [0.2, 0.25) is 0 Å². The van der Waals surface area contributed by atoms with Gasteiger partial charge in [-0.2, -0.15) is 5.10 Å². The molecular weight excluding hydrogens is 222 g/mol. The van der Waals surface area contributed by atoms with E-state index in [4.69, 9.17) is 0 Å². The van der Waals surface area contributed by atoms with Gasteiger partial charge >= 0.3 is 0 Å². The Hall–Kier alpha value is -1.61. The van der Waals surface area contributed by atoms with Crippen LogP contribution in [0.4, 0.5) is 0 Å². The van der Waals surface area contributed by atoms with Crippen molar-refractivity contribution in [3.8, 4) is 11.3 Å². The fraction of sp³-hybridized carbons (Fsp3) is 0.400. The summed E-state index contributed by atoms with van der Waals surface area (Å²) >= 11 is 0. The lowest BCUT2D eigenvalue weighted by Crippen LogP contribution is -2.15. The van der Waals surface area contributed by atoms with E-state index in [2.05, 4.69) is 47.6 Å². The van der Waals surface area contributed by atoms with E-state index in [9.17, 15) is 0 Å². The van der Waals surface area contributed by atoms with Crippen LogP contribution in [0.5, 0.6) is 0 Å². The van der Waals surface area contributed by atoms with Crippen LogP contribution in [-0.4, -0.2) is 16.2 Å². The van der Waals surface area contributed by atoms with Crippen molar-refractivity contribution in [3.05, 3.63) is 41.1 Å². The summed E-state index contributed by atoms with van der Waals surface area (Å²) in [4.78, 5) is 0. The molecular formula is C15H19N3. The second-order valence-corrected chi connectivity index (χ2v) is 5.24. The number of aromatic nitrogens is 2. The first-order chi connectivity index (χ1) is 8.74. The smallest absolute Gasteiger partial charge is 0.0697 e. The molecule has 3 heteroatoms. The van der Waals surface area contributed by atoms with Gasteiger partial charge in [0.15, 0.2) is 0 Å². The Morgan fingerprint density at radius 3 is 2.89 bits per heavy atom. The van der Waals surface area contributed by atoms with Gasteiger partial charge in [0.2, 0.25) is 0 Å². The van der Waals surface area contributed by atoms with Gasteiger partial charge in [-0.1, -0.05) is 23.8 Å². The van der Waals surface area contributed by atoms with Crippen molar-refractivity contribution in [2.24, 2.45) is 0 Å². The van der Waals surface area contributed by atoms with Crippen LogP contribution in [0.15, 0.2) is 24.4 Å². The standard InChI is InChI=1S/C15H19N3/c1-10-3-6-14(11(2)7-10)15-12(9-17-18-15)8-16-13-4-5-13/h3,6-7,9,13,16H,4-5,8H2,1-2H3,(H,17,18). The van der Waals surface area contributed by atoms with E-state index in [1.165, 1.54) is 35.1 Å². The van der Waals surface area contributed by atoms with Crippen molar-refractivity contribution in [3.63, 3.8) is 0 Å². The molecule has 1 fully saturated rings. The Labute approximate surface area is 108 Å². The molecule has 1 aromatic heterocycles. The summed E-state index contributed by atoms with van der Waals surface area (Å²) in [6.07, 6.45) is 4.57. The minimum Gasteiger partial charge on any atom is -0.310 e. The van der Waals surface area contributed by atoms with Crippen molar-refractivity contribution in [2.45, 2.75) is 39.3 Å². The number of rotatable bonds is 4. The highest BCUT2D eigenvalue weighted by molar-refractivity contribution is 5.66. The maximum Gasteiger partial charge on any atom is 0.0697 e. The monoisotopic (exact) mass is 241 g/mol. The number of benzene rings is 1. The third kappa shape index (κ3) is 2.31. The molecule has 0 saturated heterocycles. The molecule has 1 aromatic carbocycles. The summed E-state index contributed by atoms with van der Waals surface area (Å²) in [7, 11) is 0. The molecule has 0 amide bonds. The molecule has 2 aromatic rings. The Kier molecular flexibility index (Phi) is 2.92. The van der Waals surface area contributed by atoms with E-state index in [0.29, 0.717) is 0 Å². The summed E-state index contributed by atoms with van der Waals surface area (Å²) in [5.41, 5.74) is 6.26. The second kappa shape index (κ2) is 4.58. The predicted octanol–water partition coefficient (Wildman–Crippen LogP) is 2.95. The van der Waals surface area contributed by atoms with Crippen molar-refractivity contribution in [2.75, 3.05) is 0 Å². The zero-order valence-electron chi connectivity index (χ0n) is 11.0. The number of nitrogens with zero attached hydrogens (tertiary/aromatic N) is 1. The van der Waals surface area contributed by atoms with E-state index in [1.54, 1.807) is 0 Å². The summed E-state index contributed by atoms with van der Waals surface area (Å²) in [5, 5.41) is 10.9. The van der Waals surface area contributed by atoms with Gasteiger partial charge in [-0.25, -0.2) is 0 Å². The maximum absolute atomic E-state index is 4.20. The Balaban J connectivity index is 1.88. The van der Waals surface area contributed by atoms with E-state index < -0.39 is 0 Å². The molecule has 18 heavy (non-hydrogen) atoms. The Bertz CT molecular complexity index is 553. The fourth-order valence-corrected chi connectivity index (χ4v) is 2.31. The number of aryl methyl sites for hydroxylation is 2. The lowest BCUT2D eigenvalue weighted by Gasteiger charge is -2.08. The van der Waals surface area contributed by atoms with Gasteiger partial charge in [0.1, 0.15) is 0 Å². The molecule has 0 bridgehead atoms. The average molecular weight is 241 g/mol. The summed E-state index contributed by atoms with van der Waals surface area (Å²) in [6, 6.07) is 7.28. The van der Waals surface area contributed by atoms with Gasteiger partial charge in [0, 0.05) is 23.7 Å². The highest BCUT2D eigenvalue weighted by atomic mass is 15.1. The number of H-pyrrole nitrogens is 1. The molecule has 1 saturated carbocycles. The zero-order chi connectivity index (χ0) is 12.5. The van der Waals surface area contributed by atoms with Crippen LogP contribution in [-0.2, 0) is 6.54 Å². The summed E-state index contributed by atoms with van der Waals surface area (Å²) in [5.74, 6) is 0. The van der Waals surface area contributed by atoms with Gasteiger partial charge in [-0.05, 0) is 32.3 Å². The molecule has 1 aliphatic rings. The third-order valence-electron chi connectivity index (χ3n) is 3.53. The predicted molar refractivity (Wildman–Crippen MR) is 73.4 cm³/mol. The minimum atomic E-state index is 0.729. The number of hydrogen-bond acceptors (Lipinski definition) is 2. The first-order valence-corrected chi connectivity index (χ1v) is 6.57. The van der Waals surface area contributed by atoms with E-state index in [0.717, 1.165) is 18.3 Å².